The number of hydrogen-bond donors (Lipinski definition) is 1. The summed E-state index contributed by atoms with van der Waals surface area (Å²) < 4.78 is 10.9. The molecule has 0 bridgehead atoms. The molecule has 0 atom stereocenters. The van der Waals surface area contributed by atoms with Crippen LogP contribution in [-0.2, 0) is 19.6 Å². The quantitative estimate of drug-likeness (QED) is 0.839. The molecule has 5 heteroatoms. The van der Waals surface area contributed by atoms with Crippen LogP contribution in [0.25, 0.3) is 0 Å². The average Bonchev–Trinajstić information content (AvgIpc) is 3.20. The van der Waals surface area contributed by atoms with Gasteiger partial charge in [-0.25, -0.2) is 0 Å². The van der Waals surface area contributed by atoms with Gasteiger partial charge in [-0.05, 0) is 18.9 Å². The Kier molecular flexibility index (Phi) is 3.97. The molecule has 1 aliphatic carbocycles. The summed E-state index contributed by atoms with van der Waals surface area (Å²) in [5, 5.41) is 7.38. The Morgan fingerprint density at radius 2 is 2.20 bits per heavy atom. The van der Waals surface area contributed by atoms with Crippen LogP contribution in [0.4, 0.5) is 0 Å². The standard InChI is InChI=1S/C15H19N3O2/c1-2-15-17-14(18-20-15)10-19-13-6-4-3-5-11(13)9-16-12-7-8-12/h3-6,12,16H,2,7-10H2,1H3. The lowest BCUT2D eigenvalue weighted by Gasteiger charge is -2.10. The lowest BCUT2D eigenvalue weighted by atomic mass is 10.2. The van der Waals surface area contributed by atoms with Crippen LogP contribution in [-0.4, -0.2) is 16.2 Å². The molecule has 1 aliphatic rings. The van der Waals surface area contributed by atoms with Gasteiger partial charge in [-0.2, -0.15) is 4.98 Å². The molecule has 106 valence electrons. The van der Waals surface area contributed by atoms with Crippen molar-refractivity contribution < 1.29 is 9.26 Å². The highest BCUT2D eigenvalue weighted by Crippen LogP contribution is 2.23. The van der Waals surface area contributed by atoms with Crippen LogP contribution >= 0.6 is 0 Å². The topological polar surface area (TPSA) is 60.2 Å². The Morgan fingerprint density at radius 3 is 2.95 bits per heavy atom. The number of benzene rings is 1. The normalized spacial score (nSPS) is 14.4. The maximum atomic E-state index is 5.81. The van der Waals surface area contributed by atoms with Crippen molar-refractivity contribution >= 4 is 0 Å². The van der Waals surface area contributed by atoms with Crippen molar-refractivity contribution in [3.05, 3.63) is 41.5 Å². The Hall–Kier alpha value is -1.88. The summed E-state index contributed by atoms with van der Waals surface area (Å²) in [6.45, 7) is 3.16. The predicted octanol–water partition coefficient (Wildman–Crippen LogP) is 2.46. The average molecular weight is 273 g/mol. The van der Waals surface area contributed by atoms with E-state index in [1.54, 1.807) is 0 Å². The van der Waals surface area contributed by atoms with Crippen LogP contribution in [0.1, 0.15) is 37.0 Å². The lowest BCUT2D eigenvalue weighted by Crippen LogP contribution is -2.16. The zero-order chi connectivity index (χ0) is 13.8. The van der Waals surface area contributed by atoms with Crippen molar-refractivity contribution in [2.45, 2.75) is 45.4 Å². The van der Waals surface area contributed by atoms with Gasteiger partial charge in [-0.3, -0.25) is 0 Å². The molecule has 0 saturated heterocycles. The Balaban J connectivity index is 1.60. The molecule has 0 aliphatic heterocycles. The molecule has 2 aromatic rings. The van der Waals surface area contributed by atoms with Gasteiger partial charge in [0.2, 0.25) is 11.7 Å². The van der Waals surface area contributed by atoms with Gasteiger partial charge in [0, 0.05) is 24.6 Å². The van der Waals surface area contributed by atoms with Gasteiger partial charge in [-0.1, -0.05) is 30.3 Å². The molecule has 20 heavy (non-hydrogen) atoms. The number of para-hydroxylation sites is 1. The first kappa shape index (κ1) is 13.1. The molecule has 0 amide bonds. The summed E-state index contributed by atoms with van der Waals surface area (Å²) in [5.41, 5.74) is 1.17. The van der Waals surface area contributed by atoms with E-state index in [4.69, 9.17) is 9.26 Å². The number of nitrogens with one attached hydrogen (secondary N) is 1. The van der Waals surface area contributed by atoms with Gasteiger partial charge < -0.3 is 14.6 Å². The van der Waals surface area contributed by atoms with Crippen molar-refractivity contribution in [3.8, 4) is 5.75 Å². The fourth-order valence-corrected chi connectivity index (χ4v) is 1.97. The van der Waals surface area contributed by atoms with Crippen LogP contribution in [0.5, 0.6) is 5.75 Å². The van der Waals surface area contributed by atoms with Crippen molar-refractivity contribution in [2.24, 2.45) is 0 Å². The molecule has 1 aromatic heterocycles. The summed E-state index contributed by atoms with van der Waals surface area (Å²) in [6, 6.07) is 8.75. The minimum atomic E-state index is 0.337. The summed E-state index contributed by atoms with van der Waals surface area (Å²) in [4.78, 5) is 4.24. The van der Waals surface area contributed by atoms with Crippen molar-refractivity contribution in [1.29, 1.82) is 0 Å². The molecular formula is C15H19N3O2. The maximum absolute atomic E-state index is 5.81. The molecule has 1 aromatic carbocycles. The van der Waals surface area contributed by atoms with E-state index in [1.807, 2.05) is 25.1 Å². The van der Waals surface area contributed by atoms with Crippen LogP contribution in [0.2, 0.25) is 0 Å². The van der Waals surface area contributed by atoms with E-state index in [-0.39, 0.29) is 0 Å². The van der Waals surface area contributed by atoms with E-state index >= 15 is 0 Å². The molecule has 5 nitrogen and oxygen atoms in total. The number of aromatic nitrogens is 2. The number of nitrogens with zero attached hydrogens (tertiary/aromatic N) is 2. The maximum Gasteiger partial charge on any atom is 0.226 e. The highest BCUT2D eigenvalue weighted by molar-refractivity contribution is 5.33. The first-order chi connectivity index (χ1) is 9.85. The molecule has 1 saturated carbocycles. The molecule has 0 spiro atoms. The largest absolute Gasteiger partial charge is 0.485 e. The molecule has 3 rings (SSSR count). The van der Waals surface area contributed by atoms with E-state index in [0.29, 0.717) is 24.4 Å². The van der Waals surface area contributed by atoms with Crippen LogP contribution < -0.4 is 10.1 Å². The van der Waals surface area contributed by atoms with Crippen molar-refractivity contribution in [3.63, 3.8) is 0 Å². The third-order valence-corrected chi connectivity index (χ3v) is 3.30. The highest BCUT2D eigenvalue weighted by Gasteiger charge is 2.20. The zero-order valence-electron chi connectivity index (χ0n) is 11.6. The summed E-state index contributed by atoms with van der Waals surface area (Å²) >= 11 is 0. The Bertz CT molecular complexity index is 564. The van der Waals surface area contributed by atoms with Crippen LogP contribution in [0.3, 0.4) is 0 Å². The second kappa shape index (κ2) is 6.05. The minimum absolute atomic E-state index is 0.337. The Morgan fingerprint density at radius 1 is 1.35 bits per heavy atom. The summed E-state index contributed by atoms with van der Waals surface area (Å²) in [7, 11) is 0. The molecule has 1 fully saturated rings. The first-order valence-corrected chi connectivity index (χ1v) is 7.10. The monoisotopic (exact) mass is 273 g/mol. The van der Waals surface area contributed by atoms with Gasteiger partial charge in [0.15, 0.2) is 6.61 Å². The highest BCUT2D eigenvalue weighted by atomic mass is 16.5. The van der Waals surface area contributed by atoms with Crippen LogP contribution in [0.15, 0.2) is 28.8 Å². The van der Waals surface area contributed by atoms with E-state index in [9.17, 15) is 0 Å². The van der Waals surface area contributed by atoms with E-state index in [2.05, 4.69) is 21.5 Å². The minimum Gasteiger partial charge on any atom is -0.485 e. The molecule has 0 radical (unpaired) electrons. The summed E-state index contributed by atoms with van der Waals surface area (Å²) in [6.07, 6.45) is 3.31. The van der Waals surface area contributed by atoms with Gasteiger partial charge in [0.05, 0.1) is 0 Å². The van der Waals surface area contributed by atoms with Crippen molar-refractivity contribution in [2.75, 3.05) is 0 Å². The van der Waals surface area contributed by atoms with Gasteiger partial charge in [-0.15, -0.1) is 0 Å². The van der Waals surface area contributed by atoms with E-state index in [0.717, 1.165) is 18.7 Å². The zero-order valence-corrected chi connectivity index (χ0v) is 11.6. The molecule has 1 N–H and O–H groups in total. The third-order valence-electron chi connectivity index (χ3n) is 3.30. The second-order valence-electron chi connectivity index (χ2n) is 5.01. The van der Waals surface area contributed by atoms with Crippen LogP contribution in [0, 0.1) is 0 Å². The van der Waals surface area contributed by atoms with Gasteiger partial charge >= 0.3 is 0 Å². The number of aryl methyl sites for hydroxylation is 1. The van der Waals surface area contributed by atoms with Gasteiger partial charge in [0.25, 0.3) is 0 Å². The van der Waals surface area contributed by atoms with E-state index < -0.39 is 0 Å². The fraction of sp³-hybridized carbons (Fsp3) is 0.467. The number of rotatable bonds is 7. The second-order valence-corrected chi connectivity index (χ2v) is 5.01. The van der Waals surface area contributed by atoms with Gasteiger partial charge in [0.1, 0.15) is 5.75 Å². The SMILES string of the molecule is CCc1nc(COc2ccccc2CNC2CC2)no1. The molecular weight excluding hydrogens is 254 g/mol. The lowest BCUT2D eigenvalue weighted by molar-refractivity contribution is 0.282. The van der Waals surface area contributed by atoms with Crippen molar-refractivity contribution in [1.82, 2.24) is 15.5 Å². The number of ether oxygens (including phenoxy) is 1. The Labute approximate surface area is 118 Å². The fourth-order valence-electron chi connectivity index (χ4n) is 1.97. The third kappa shape index (κ3) is 3.36. The first-order valence-electron chi connectivity index (χ1n) is 7.10. The molecule has 1 heterocycles. The number of hydrogen-bond acceptors (Lipinski definition) is 5. The smallest absolute Gasteiger partial charge is 0.226 e. The summed E-state index contributed by atoms with van der Waals surface area (Å²) in [5.74, 6) is 2.11. The molecule has 0 unspecified atom stereocenters. The van der Waals surface area contributed by atoms with E-state index in [1.165, 1.54) is 18.4 Å². The predicted molar refractivity (Wildman–Crippen MR) is 74.3 cm³/mol.